The second-order valence-corrected chi connectivity index (χ2v) is 5.99. The lowest BCUT2D eigenvalue weighted by atomic mass is 9.96. The first-order valence-electron chi connectivity index (χ1n) is 4.99. The first kappa shape index (κ1) is 10.1. The van der Waals surface area contributed by atoms with Crippen LogP contribution in [0.4, 0.5) is 0 Å². The fraction of sp³-hybridized carbons (Fsp3) is 0.500. The minimum Gasteiger partial charge on any atom is -0.386 e. The molecule has 1 aliphatic heterocycles. The molecule has 1 N–H and O–H groups in total. The van der Waals surface area contributed by atoms with Gasteiger partial charge in [-0.25, -0.2) is 0 Å². The number of aliphatic hydroxyl groups is 1. The van der Waals surface area contributed by atoms with Crippen LogP contribution in [0.1, 0.15) is 31.9 Å². The fourth-order valence-electron chi connectivity index (χ4n) is 1.78. The van der Waals surface area contributed by atoms with Crippen molar-refractivity contribution in [2.24, 2.45) is 0 Å². The van der Waals surface area contributed by atoms with Crippen LogP contribution < -0.4 is 0 Å². The van der Waals surface area contributed by atoms with E-state index in [-0.39, 0.29) is 0 Å². The predicted molar refractivity (Wildman–Crippen MR) is 60.7 cm³/mol. The van der Waals surface area contributed by atoms with Crippen LogP contribution >= 0.6 is 11.8 Å². The lowest BCUT2D eigenvalue weighted by Gasteiger charge is -2.18. The van der Waals surface area contributed by atoms with Crippen molar-refractivity contribution in [2.75, 3.05) is 0 Å². The van der Waals surface area contributed by atoms with Crippen molar-refractivity contribution in [1.82, 2.24) is 0 Å². The second-order valence-electron chi connectivity index (χ2n) is 4.51. The smallest absolute Gasteiger partial charge is 0.0840 e. The van der Waals surface area contributed by atoms with Gasteiger partial charge in [0.25, 0.3) is 0 Å². The molecule has 1 unspecified atom stereocenters. The van der Waals surface area contributed by atoms with E-state index in [1.807, 2.05) is 31.7 Å². The van der Waals surface area contributed by atoms with Gasteiger partial charge in [0.15, 0.2) is 0 Å². The molecule has 0 amide bonds. The summed E-state index contributed by atoms with van der Waals surface area (Å²) in [5.74, 6) is 0. The quantitative estimate of drug-likeness (QED) is 0.765. The highest BCUT2D eigenvalue weighted by Gasteiger charge is 2.22. The van der Waals surface area contributed by atoms with Gasteiger partial charge in [0, 0.05) is 10.1 Å². The summed E-state index contributed by atoms with van der Waals surface area (Å²) in [5.41, 5.74) is 1.72. The van der Waals surface area contributed by atoms with Gasteiger partial charge in [-0.1, -0.05) is 19.1 Å². The molecule has 0 spiro atoms. The zero-order valence-electron chi connectivity index (χ0n) is 8.87. The third-order valence-electron chi connectivity index (χ3n) is 2.61. The molecule has 0 fully saturated rings. The van der Waals surface area contributed by atoms with E-state index in [2.05, 4.69) is 19.1 Å². The van der Waals surface area contributed by atoms with Crippen LogP contribution in [0.15, 0.2) is 23.1 Å². The molecule has 0 saturated heterocycles. The van der Waals surface area contributed by atoms with Gasteiger partial charge in [-0.15, -0.1) is 11.8 Å². The van der Waals surface area contributed by atoms with Crippen LogP contribution in [-0.2, 0) is 12.0 Å². The maximum atomic E-state index is 9.88. The van der Waals surface area contributed by atoms with Gasteiger partial charge in [-0.05, 0) is 37.5 Å². The molecule has 1 heterocycles. The summed E-state index contributed by atoms with van der Waals surface area (Å²) in [7, 11) is 0. The summed E-state index contributed by atoms with van der Waals surface area (Å²) in [6.07, 6.45) is 1.16. The third-order valence-corrected chi connectivity index (χ3v) is 3.81. The van der Waals surface area contributed by atoms with Crippen LogP contribution in [0, 0.1) is 0 Å². The van der Waals surface area contributed by atoms with Gasteiger partial charge in [0.05, 0.1) is 5.60 Å². The van der Waals surface area contributed by atoms with E-state index in [9.17, 15) is 5.11 Å². The summed E-state index contributed by atoms with van der Waals surface area (Å²) in [6.45, 7) is 5.91. The molecule has 76 valence electrons. The molecule has 0 aliphatic carbocycles. The third kappa shape index (κ3) is 1.82. The highest BCUT2D eigenvalue weighted by Crippen LogP contribution is 2.38. The number of hydrogen-bond acceptors (Lipinski definition) is 2. The van der Waals surface area contributed by atoms with Crippen molar-refractivity contribution >= 4 is 11.8 Å². The van der Waals surface area contributed by atoms with Crippen LogP contribution in [0.2, 0.25) is 0 Å². The lowest BCUT2D eigenvalue weighted by Crippen LogP contribution is -2.15. The molecular weight excluding hydrogens is 192 g/mol. The van der Waals surface area contributed by atoms with Gasteiger partial charge in [-0.3, -0.25) is 0 Å². The van der Waals surface area contributed by atoms with E-state index in [0.717, 1.165) is 12.0 Å². The Morgan fingerprint density at radius 1 is 1.43 bits per heavy atom. The zero-order chi connectivity index (χ0) is 10.3. The SMILES string of the molecule is CC1Cc2ccc(C(C)(C)O)cc2S1. The molecule has 1 aromatic carbocycles. The van der Waals surface area contributed by atoms with Crippen molar-refractivity contribution < 1.29 is 5.11 Å². The minimum absolute atomic E-state index is 0.682. The van der Waals surface area contributed by atoms with E-state index in [1.165, 1.54) is 10.5 Å². The normalized spacial score (nSPS) is 21.0. The second kappa shape index (κ2) is 3.28. The molecule has 1 nitrogen and oxygen atoms in total. The molecule has 0 saturated carbocycles. The topological polar surface area (TPSA) is 20.2 Å². The molecule has 0 bridgehead atoms. The first-order valence-corrected chi connectivity index (χ1v) is 5.87. The Morgan fingerprint density at radius 3 is 2.79 bits per heavy atom. The number of hydrogen-bond donors (Lipinski definition) is 1. The molecule has 0 aromatic heterocycles. The van der Waals surface area contributed by atoms with E-state index in [0.29, 0.717) is 5.25 Å². The summed E-state index contributed by atoms with van der Waals surface area (Å²) in [4.78, 5) is 1.34. The van der Waals surface area contributed by atoms with Crippen molar-refractivity contribution in [2.45, 2.75) is 42.9 Å². The highest BCUT2D eigenvalue weighted by atomic mass is 32.2. The van der Waals surface area contributed by atoms with Crippen LogP contribution in [0.3, 0.4) is 0 Å². The maximum Gasteiger partial charge on any atom is 0.0840 e. The highest BCUT2D eigenvalue weighted by molar-refractivity contribution is 8.00. The number of rotatable bonds is 1. The molecule has 2 heteroatoms. The Morgan fingerprint density at radius 2 is 2.14 bits per heavy atom. The number of thioether (sulfide) groups is 1. The molecule has 1 aliphatic rings. The van der Waals surface area contributed by atoms with Gasteiger partial charge < -0.3 is 5.11 Å². The average molecular weight is 208 g/mol. The molecule has 2 rings (SSSR count). The fourth-order valence-corrected chi connectivity index (χ4v) is 2.98. The summed E-state index contributed by atoms with van der Waals surface area (Å²) < 4.78 is 0. The van der Waals surface area contributed by atoms with Crippen molar-refractivity contribution in [3.63, 3.8) is 0 Å². The van der Waals surface area contributed by atoms with E-state index < -0.39 is 5.60 Å². The van der Waals surface area contributed by atoms with E-state index >= 15 is 0 Å². The van der Waals surface area contributed by atoms with Crippen LogP contribution in [0.25, 0.3) is 0 Å². The molecule has 14 heavy (non-hydrogen) atoms. The summed E-state index contributed by atoms with van der Waals surface area (Å²) >= 11 is 1.91. The monoisotopic (exact) mass is 208 g/mol. The lowest BCUT2D eigenvalue weighted by molar-refractivity contribution is 0.0783. The number of fused-ring (bicyclic) bond motifs is 1. The van der Waals surface area contributed by atoms with Gasteiger partial charge in [-0.2, -0.15) is 0 Å². The average Bonchev–Trinajstić information content (AvgIpc) is 2.41. The number of benzene rings is 1. The Balaban J connectivity index is 2.38. The van der Waals surface area contributed by atoms with Crippen LogP contribution in [-0.4, -0.2) is 10.4 Å². The van der Waals surface area contributed by atoms with Crippen molar-refractivity contribution in [3.8, 4) is 0 Å². The first-order chi connectivity index (χ1) is 6.47. The Kier molecular flexibility index (Phi) is 2.36. The molecule has 1 aromatic rings. The Hall–Kier alpha value is -0.470. The van der Waals surface area contributed by atoms with Crippen LogP contribution in [0.5, 0.6) is 0 Å². The van der Waals surface area contributed by atoms with Gasteiger partial charge in [0.2, 0.25) is 0 Å². The van der Waals surface area contributed by atoms with Crippen molar-refractivity contribution in [3.05, 3.63) is 29.3 Å². The van der Waals surface area contributed by atoms with Crippen molar-refractivity contribution in [1.29, 1.82) is 0 Å². The zero-order valence-corrected chi connectivity index (χ0v) is 9.69. The predicted octanol–water partition coefficient (Wildman–Crippen LogP) is 2.95. The summed E-state index contributed by atoms with van der Waals surface area (Å²) in [5, 5.41) is 10.6. The Bertz CT molecular complexity index is 352. The maximum absolute atomic E-state index is 9.88. The minimum atomic E-state index is -0.721. The van der Waals surface area contributed by atoms with E-state index in [1.54, 1.807) is 0 Å². The largest absolute Gasteiger partial charge is 0.386 e. The molecular formula is C12H16OS. The van der Waals surface area contributed by atoms with Gasteiger partial charge in [0.1, 0.15) is 0 Å². The molecule has 0 radical (unpaired) electrons. The van der Waals surface area contributed by atoms with Gasteiger partial charge >= 0.3 is 0 Å². The summed E-state index contributed by atoms with van der Waals surface area (Å²) in [6, 6.07) is 6.32. The van der Waals surface area contributed by atoms with E-state index in [4.69, 9.17) is 0 Å². The Labute approximate surface area is 89.5 Å². The molecule has 1 atom stereocenters. The standard InChI is InChI=1S/C12H16OS/c1-8-6-9-4-5-10(12(2,3)13)7-11(9)14-8/h4-5,7-8,13H,6H2,1-3H3.